The minimum atomic E-state index is -3.12. The van der Waals surface area contributed by atoms with Crippen LogP contribution in [0.3, 0.4) is 0 Å². The first kappa shape index (κ1) is 15.7. The molecule has 120 valence electrons. The van der Waals surface area contributed by atoms with Crippen molar-refractivity contribution in [2.24, 2.45) is 17.8 Å². The molecule has 0 saturated heterocycles. The highest BCUT2D eigenvalue weighted by molar-refractivity contribution is 7.89. The van der Waals surface area contributed by atoms with Crippen LogP contribution in [0.1, 0.15) is 24.0 Å². The Morgan fingerprint density at radius 3 is 2.68 bits per heavy atom. The van der Waals surface area contributed by atoms with E-state index >= 15 is 0 Å². The van der Waals surface area contributed by atoms with Gasteiger partial charge in [-0.15, -0.1) is 0 Å². The number of hydrogen-bond donors (Lipinski definition) is 1. The van der Waals surface area contributed by atoms with E-state index in [0.717, 1.165) is 18.0 Å². The molecule has 0 heterocycles. The molecule has 3 unspecified atom stereocenters. The highest BCUT2D eigenvalue weighted by Gasteiger charge is 2.34. The Hall–Kier alpha value is -1.20. The SMILES string of the molecule is CS(=O)(=O)Cc1ccc(F)cc1CNCC1CC2C=CC1C2. The maximum Gasteiger partial charge on any atom is 0.151 e. The first-order chi connectivity index (χ1) is 10.4. The second-order valence-electron chi connectivity index (χ2n) is 6.65. The normalized spacial score (nSPS) is 26.7. The zero-order chi connectivity index (χ0) is 15.7. The van der Waals surface area contributed by atoms with Crippen LogP contribution in [0.25, 0.3) is 0 Å². The molecule has 0 spiro atoms. The van der Waals surface area contributed by atoms with E-state index in [1.54, 1.807) is 6.07 Å². The van der Waals surface area contributed by atoms with E-state index in [4.69, 9.17) is 0 Å². The van der Waals surface area contributed by atoms with Gasteiger partial charge < -0.3 is 5.32 Å². The number of benzene rings is 1. The third-order valence-corrected chi connectivity index (χ3v) is 5.56. The fourth-order valence-electron chi connectivity index (χ4n) is 3.70. The summed E-state index contributed by atoms with van der Waals surface area (Å²) in [6.07, 6.45) is 8.34. The van der Waals surface area contributed by atoms with Crippen molar-refractivity contribution in [2.45, 2.75) is 25.1 Å². The molecule has 0 aromatic heterocycles. The van der Waals surface area contributed by atoms with Crippen molar-refractivity contribution in [3.05, 3.63) is 47.3 Å². The van der Waals surface area contributed by atoms with E-state index in [1.165, 1.54) is 31.2 Å². The monoisotopic (exact) mass is 323 g/mol. The predicted octanol–water partition coefficient (Wildman–Crippen LogP) is 2.67. The molecule has 2 aliphatic rings. The van der Waals surface area contributed by atoms with Crippen molar-refractivity contribution in [1.29, 1.82) is 0 Å². The third kappa shape index (κ3) is 3.76. The second-order valence-corrected chi connectivity index (χ2v) is 8.79. The summed E-state index contributed by atoms with van der Waals surface area (Å²) in [4.78, 5) is 0. The van der Waals surface area contributed by atoms with Crippen LogP contribution in [0.5, 0.6) is 0 Å². The van der Waals surface area contributed by atoms with Crippen molar-refractivity contribution >= 4 is 9.84 Å². The van der Waals surface area contributed by atoms with Gasteiger partial charge in [0.1, 0.15) is 5.82 Å². The van der Waals surface area contributed by atoms with Crippen molar-refractivity contribution < 1.29 is 12.8 Å². The molecule has 3 nitrogen and oxygen atoms in total. The molecule has 3 atom stereocenters. The number of sulfone groups is 1. The lowest BCUT2D eigenvalue weighted by Crippen LogP contribution is -2.25. The quantitative estimate of drug-likeness (QED) is 0.819. The first-order valence-corrected chi connectivity index (χ1v) is 9.81. The standard InChI is InChI=1S/C17H22FNO2S/c1-22(20,21)11-14-4-5-17(18)8-16(14)10-19-9-15-7-12-2-3-13(15)6-12/h2-5,8,12-13,15,19H,6-7,9-11H2,1H3. The Bertz CT molecular complexity index is 684. The second kappa shape index (κ2) is 6.13. The van der Waals surface area contributed by atoms with Gasteiger partial charge in [-0.05, 0) is 60.4 Å². The average molecular weight is 323 g/mol. The first-order valence-electron chi connectivity index (χ1n) is 7.75. The van der Waals surface area contributed by atoms with Crippen molar-refractivity contribution in [3.8, 4) is 0 Å². The highest BCUT2D eigenvalue weighted by atomic mass is 32.2. The van der Waals surface area contributed by atoms with Crippen LogP contribution in [-0.4, -0.2) is 21.2 Å². The molecule has 1 aromatic rings. The van der Waals surface area contributed by atoms with Crippen LogP contribution in [0.2, 0.25) is 0 Å². The molecule has 22 heavy (non-hydrogen) atoms. The molecular formula is C17H22FNO2S. The van der Waals surface area contributed by atoms with Crippen LogP contribution in [0.15, 0.2) is 30.4 Å². The number of allylic oxidation sites excluding steroid dienone is 2. The lowest BCUT2D eigenvalue weighted by Gasteiger charge is -2.19. The lowest BCUT2D eigenvalue weighted by atomic mass is 9.93. The van der Waals surface area contributed by atoms with Gasteiger partial charge in [-0.3, -0.25) is 0 Å². The fourth-order valence-corrected chi connectivity index (χ4v) is 4.55. The lowest BCUT2D eigenvalue weighted by molar-refractivity contribution is 0.413. The number of rotatable bonds is 6. The Morgan fingerprint density at radius 1 is 1.23 bits per heavy atom. The molecule has 3 rings (SSSR count). The number of fused-ring (bicyclic) bond motifs is 2. The molecule has 0 aliphatic heterocycles. The summed E-state index contributed by atoms with van der Waals surface area (Å²) in [5, 5.41) is 3.39. The maximum atomic E-state index is 13.4. The van der Waals surface area contributed by atoms with Gasteiger partial charge in [-0.2, -0.15) is 0 Å². The summed E-state index contributed by atoms with van der Waals surface area (Å²) in [6.45, 7) is 1.42. The number of halogens is 1. The van der Waals surface area contributed by atoms with Gasteiger partial charge >= 0.3 is 0 Å². The Balaban J connectivity index is 1.61. The van der Waals surface area contributed by atoms with E-state index in [0.29, 0.717) is 23.9 Å². The van der Waals surface area contributed by atoms with E-state index in [2.05, 4.69) is 17.5 Å². The zero-order valence-electron chi connectivity index (χ0n) is 12.8. The summed E-state index contributed by atoms with van der Waals surface area (Å²) >= 11 is 0. The topological polar surface area (TPSA) is 46.2 Å². The summed E-state index contributed by atoms with van der Waals surface area (Å²) < 4.78 is 36.4. The van der Waals surface area contributed by atoms with Gasteiger partial charge in [-0.1, -0.05) is 18.2 Å². The van der Waals surface area contributed by atoms with Gasteiger partial charge in [-0.25, -0.2) is 12.8 Å². The van der Waals surface area contributed by atoms with Gasteiger partial charge in [0.25, 0.3) is 0 Å². The van der Waals surface area contributed by atoms with Gasteiger partial charge in [0.05, 0.1) is 5.75 Å². The van der Waals surface area contributed by atoms with Crippen molar-refractivity contribution in [2.75, 3.05) is 12.8 Å². The Morgan fingerprint density at radius 2 is 2.05 bits per heavy atom. The van der Waals surface area contributed by atoms with Crippen LogP contribution >= 0.6 is 0 Å². The maximum absolute atomic E-state index is 13.4. The largest absolute Gasteiger partial charge is 0.312 e. The van der Waals surface area contributed by atoms with E-state index < -0.39 is 9.84 Å². The van der Waals surface area contributed by atoms with Crippen LogP contribution in [0.4, 0.5) is 4.39 Å². The highest BCUT2D eigenvalue weighted by Crippen LogP contribution is 2.42. The van der Waals surface area contributed by atoms with E-state index in [9.17, 15) is 12.8 Å². The molecule has 2 aliphatic carbocycles. The molecule has 2 bridgehead atoms. The summed E-state index contributed by atoms with van der Waals surface area (Å²) in [5.74, 6) is 1.72. The summed E-state index contributed by atoms with van der Waals surface area (Å²) in [6, 6.07) is 4.34. The Labute approximate surface area is 131 Å². The van der Waals surface area contributed by atoms with Crippen LogP contribution in [-0.2, 0) is 22.1 Å². The Kier molecular flexibility index (Phi) is 4.37. The van der Waals surface area contributed by atoms with Gasteiger partial charge in [0.15, 0.2) is 9.84 Å². The van der Waals surface area contributed by atoms with Gasteiger partial charge in [0, 0.05) is 12.8 Å². The van der Waals surface area contributed by atoms with E-state index in [1.807, 2.05) is 0 Å². The predicted molar refractivity (Wildman–Crippen MR) is 85.5 cm³/mol. The smallest absolute Gasteiger partial charge is 0.151 e. The van der Waals surface area contributed by atoms with Crippen molar-refractivity contribution in [3.63, 3.8) is 0 Å². The molecular weight excluding hydrogens is 301 g/mol. The van der Waals surface area contributed by atoms with Crippen LogP contribution in [0, 0.1) is 23.6 Å². The number of hydrogen-bond acceptors (Lipinski definition) is 3. The molecule has 5 heteroatoms. The summed E-state index contributed by atoms with van der Waals surface area (Å²) in [5.41, 5.74) is 1.42. The molecule has 1 N–H and O–H groups in total. The molecule has 1 aromatic carbocycles. The van der Waals surface area contributed by atoms with Crippen molar-refractivity contribution in [1.82, 2.24) is 5.32 Å². The minimum Gasteiger partial charge on any atom is -0.312 e. The van der Waals surface area contributed by atoms with Crippen LogP contribution < -0.4 is 5.32 Å². The molecule has 1 saturated carbocycles. The number of nitrogens with one attached hydrogen (secondary N) is 1. The molecule has 0 radical (unpaired) electrons. The summed E-state index contributed by atoms with van der Waals surface area (Å²) in [7, 11) is -3.12. The average Bonchev–Trinajstić information content (AvgIpc) is 3.03. The fraction of sp³-hybridized carbons (Fsp3) is 0.529. The van der Waals surface area contributed by atoms with E-state index in [-0.39, 0.29) is 11.6 Å². The molecule has 1 fully saturated rings. The molecule has 0 amide bonds. The minimum absolute atomic E-state index is 0.0405. The third-order valence-electron chi connectivity index (χ3n) is 4.72. The zero-order valence-corrected chi connectivity index (χ0v) is 13.6. The van der Waals surface area contributed by atoms with Gasteiger partial charge in [0.2, 0.25) is 0 Å².